The molecule has 0 aliphatic carbocycles. The molecule has 0 saturated carbocycles. The van der Waals surface area contributed by atoms with E-state index in [1.54, 1.807) is 24.3 Å². The summed E-state index contributed by atoms with van der Waals surface area (Å²) in [6.07, 6.45) is 0.537. The summed E-state index contributed by atoms with van der Waals surface area (Å²) in [4.78, 5) is 23.8. The number of benzene rings is 1. The molecule has 2 fully saturated rings. The minimum atomic E-state index is -2.37. The first-order chi connectivity index (χ1) is 9.10. The van der Waals surface area contributed by atoms with Crippen LogP contribution < -0.4 is 5.32 Å². The first kappa shape index (κ1) is 11.7. The Bertz CT molecular complexity index is 537. The highest BCUT2D eigenvalue weighted by Crippen LogP contribution is 2.44. The summed E-state index contributed by atoms with van der Waals surface area (Å²) < 4.78 is 10.6. The SMILES string of the molecule is C=C1C[C+]2CC(=O)O[B-]2(C(=O)Nc2ccccc2)O1. The monoisotopic (exact) mass is 257 g/mol. The van der Waals surface area contributed by atoms with Crippen molar-refractivity contribution in [1.29, 1.82) is 0 Å². The van der Waals surface area contributed by atoms with E-state index in [0.29, 0.717) is 23.7 Å². The van der Waals surface area contributed by atoms with Gasteiger partial charge in [0.1, 0.15) is 12.8 Å². The Morgan fingerprint density at radius 1 is 1.26 bits per heavy atom. The first-order valence-electron chi connectivity index (χ1n) is 6.04. The van der Waals surface area contributed by atoms with Gasteiger partial charge in [-0.25, -0.2) is 0 Å². The Balaban J connectivity index is 1.85. The van der Waals surface area contributed by atoms with Crippen LogP contribution in [0, 0.1) is 5.82 Å². The van der Waals surface area contributed by atoms with Crippen molar-refractivity contribution in [3.63, 3.8) is 0 Å². The molecular formula is C13H12BNO4. The summed E-state index contributed by atoms with van der Waals surface area (Å²) in [7, 11) is 0. The zero-order valence-electron chi connectivity index (χ0n) is 10.2. The molecule has 0 aromatic heterocycles. The van der Waals surface area contributed by atoms with E-state index in [0.717, 1.165) is 0 Å². The average molecular weight is 257 g/mol. The van der Waals surface area contributed by atoms with Gasteiger partial charge in [-0.2, -0.15) is 0 Å². The quantitative estimate of drug-likeness (QED) is 0.651. The Morgan fingerprint density at radius 2 is 2.00 bits per heavy atom. The lowest BCUT2D eigenvalue weighted by Gasteiger charge is -2.24. The van der Waals surface area contributed by atoms with E-state index < -0.39 is 18.3 Å². The summed E-state index contributed by atoms with van der Waals surface area (Å²) in [5.41, 5.74) is 0.632. The molecule has 1 N–H and O–H groups in total. The van der Waals surface area contributed by atoms with Crippen LogP contribution in [0.25, 0.3) is 0 Å². The molecule has 0 bridgehead atoms. The van der Waals surface area contributed by atoms with Crippen LogP contribution >= 0.6 is 0 Å². The number of rotatable bonds is 2. The van der Waals surface area contributed by atoms with Crippen LogP contribution in [0.5, 0.6) is 0 Å². The van der Waals surface area contributed by atoms with Crippen LogP contribution in [0.15, 0.2) is 42.7 Å². The number of fused-ring (bicyclic) bond motifs is 1. The normalized spacial score (nSPS) is 24.7. The third-order valence-corrected chi connectivity index (χ3v) is 3.35. The van der Waals surface area contributed by atoms with Crippen LogP contribution in [0.1, 0.15) is 12.8 Å². The van der Waals surface area contributed by atoms with E-state index in [1.165, 1.54) is 0 Å². The number of nitrogens with one attached hydrogen (secondary N) is 1. The Morgan fingerprint density at radius 3 is 2.74 bits per heavy atom. The lowest BCUT2D eigenvalue weighted by atomic mass is 9.48. The number of anilines is 1. The summed E-state index contributed by atoms with van der Waals surface area (Å²) in [6, 6.07) is 8.97. The standard InChI is InChI=1S/C13H12BNO4/c1-9-7-10-8-12(16)19-14(10,18-9)13(17)15-11-5-3-2-4-6-11/h2-6H,1,7-8H2,(H,15,17). The molecule has 6 heteroatoms. The molecule has 1 aromatic rings. The van der Waals surface area contributed by atoms with Gasteiger partial charge in [0, 0.05) is 11.5 Å². The predicted molar refractivity (Wildman–Crippen MR) is 70.0 cm³/mol. The lowest BCUT2D eigenvalue weighted by Crippen LogP contribution is -2.51. The van der Waals surface area contributed by atoms with Gasteiger partial charge >= 0.3 is 12.5 Å². The molecule has 3 rings (SSSR count). The molecule has 0 spiro atoms. The van der Waals surface area contributed by atoms with Crippen LogP contribution in [0.3, 0.4) is 0 Å². The summed E-state index contributed by atoms with van der Waals surface area (Å²) in [5, 5.41) is 2.71. The number of amides is 1. The minimum Gasteiger partial charge on any atom is -0.637 e. The number of allylic oxidation sites excluding steroid dienone is 1. The van der Waals surface area contributed by atoms with Crippen molar-refractivity contribution in [2.24, 2.45) is 0 Å². The molecule has 2 aliphatic rings. The highest BCUT2D eigenvalue weighted by atomic mass is 16.6. The lowest BCUT2D eigenvalue weighted by molar-refractivity contribution is -0.133. The molecule has 96 valence electrons. The predicted octanol–water partition coefficient (Wildman–Crippen LogP) is 2.24. The topological polar surface area (TPSA) is 64.6 Å². The molecule has 2 heterocycles. The number of para-hydroxylation sites is 1. The smallest absolute Gasteiger partial charge is 0.637 e. The zero-order chi connectivity index (χ0) is 13.5. The maximum atomic E-state index is 12.4. The summed E-state index contributed by atoms with van der Waals surface area (Å²) >= 11 is 0. The zero-order valence-corrected chi connectivity index (χ0v) is 10.2. The van der Waals surface area contributed by atoms with Crippen molar-refractivity contribution >= 4 is 24.0 Å². The van der Waals surface area contributed by atoms with Gasteiger partial charge in [0.2, 0.25) is 5.81 Å². The van der Waals surface area contributed by atoms with Gasteiger partial charge in [0.15, 0.2) is 0 Å². The second kappa shape index (κ2) is 4.08. The molecule has 2 aliphatic heterocycles. The fourth-order valence-corrected chi connectivity index (χ4v) is 2.51. The number of hydrogen-bond acceptors (Lipinski definition) is 4. The Hall–Kier alpha value is -2.37. The van der Waals surface area contributed by atoms with Crippen molar-refractivity contribution in [3.05, 3.63) is 48.5 Å². The van der Waals surface area contributed by atoms with Crippen molar-refractivity contribution in [2.45, 2.75) is 12.8 Å². The average Bonchev–Trinajstić information content (AvgIpc) is 2.82. The van der Waals surface area contributed by atoms with Gasteiger partial charge in [0.25, 0.3) is 0 Å². The molecular weight excluding hydrogens is 245 g/mol. The van der Waals surface area contributed by atoms with E-state index in [4.69, 9.17) is 9.31 Å². The van der Waals surface area contributed by atoms with Crippen molar-refractivity contribution in [1.82, 2.24) is 0 Å². The summed E-state index contributed by atoms with van der Waals surface area (Å²) in [6.45, 7) is 1.32. The van der Waals surface area contributed by atoms with Gasteiger partial charge in [-0.05, 0) is 12.1 Å². The van der Waals surface area contributed by atoms with E-state index in [-0.39, 0.29) is 6.42 Å². The third-order valence-electron chi connectivity index (χ3n) is 3.35. The van der Waals surface area contributed by atoms with Crippen LogP contribution in [0.2, 0.25) is 0 Å². The number of carbonyl (C=O) groups is 2. The Labute approximate surface area is 110 Å². The van der Waals surface area contributed by atoms with Crippen LogP contribution in [-0.4, -0.2) is 18.3 Å². The maximum absolute atomic E-state index is 12.4. The Kier molecular flexibility index (Phi) is 2.52. The van der Waals surface area contributed by atoms with Gasteiger partial charge in [-0.1, -0.05) is 24.8 Å². The molecule has 1 atom stereocenters. The van der Waals surface area contributed by atoms with Gasteiger partial charge in [0.05, 0.1) is 5.76 Å². The van der Waals surface area contributed by atoms with Crippen LogP contribution in [0.4, 0.5) is 10.5 Å². The van der Waals surface area contributed by atoms with Gasteiger partial charge in [-0.3, -0.25) is 4.79 Å². The highest BCUT2D eigenvalue weighted by Gasteiger charge is 2.68. The van der Waals surface area contributed by atoms with Crippen molar-refractivity contribution in [3.8, 4) is 0 Å². The second-order valence-corrected chi connectivity index (χ2v) is 4.73. The molecule has 0 radical (unpaired) electrons. The van der Waals surface area contributed by atoms with E-state index in [2.05, 4.69) is 11.9 Å². The van der Waals surface area contributed by atoms with Crippen molar-refractivity contribution < 1.29 is 18.9 Å². The largest absolute Gasteiger partial charge is 0.641 e. The van der Waals surface area contributed by atoms with E-state index >= 15 is 0 Å². The number of carbonyl (C=O) groups excluding carboxylic acids is 2. The maximum Gasteiger partial charge on any atom is 0.641 e. The molecule has 1 aromatic carbocycles. The van der Waals surface area contributed by atoms with Crippen LogP contribution in [-0.2, 0) is 14.1 Å². The number of hydrogen-bond donors (Lipinski definition) is 1. The van der Waals surface area contributed by atoms with Gasteiger partial charge < -0.3 is 19.4 Å². The fraction of sp³-hybridized carbons (Fsp3) is 0.154. The fourth-order valence-electron chi connectivity index (χ4n) is 2.51. The van der Waals surface area contributed by atoms with Gasteiger partial charge in [-0.15, -0.1) is 0 Å². The molecule has 2 saturated heterocycles. The highest BCUT2D eigenvalue weighted by molar-refractivity contribution is 7.04. The summed E-state index contributed by atoms with van der Waals surface area (Å²) in [5.74, 6) is 0.269. The van der Waals surface area contributed by atoms with E-state index in [9.17, 15) is 9.59 Å². The van der Waals surface area contributed by atoms with E-state index in [1.807, 2.05) is 6.07 Å². The molecule has 5 nitrogen and oxygen atoms in total. The minimum absolute atomic E-state index is 0.126. The molecule has 1 amide bonds. The van der Waals surface area contributed by atoms with Crippen molar-refractivity contribution in [2.75, 3.05) is 5.32 Å². The first-order valence-corrected chi connectivity index (χ1v) is 6.04. The molecule has 19 heavy (non-hydrogen) atoms. The third kappa shape index (κ3) is 1.85. The molecule has 1 unspecified atom stereocenters. The second-order valence-electron chi connectivity index (χ2n) is 4.73.